The molecule has 0 bridgehead atoms. The van der Waals surface area contributed by atoms with Crippen LogP contribution in [0.25, 0.3) is 0 Å². The molecule has 0 radical (unpaired) electrons. The van der Waals surface area contributed by atoms with Gasteiger partial charge >= 0.3 is 0 Å². The molecule has 0 aliphatic heterocycles. The second-order valence-corrected chi connectivity index (χ2v) is 7.30. The van der Waals surface area contributed by atoms with Crippen LogP contribution in [0.2, 0.25) is 0 Å². The summed E-state index contributed by atoms with van der Waals surface area (Å²) < 4.78 is 0. The van der Waals surface area contributed by atoms with Crippen LogP contribution in [0.5, 0.6) is 0 Å². The first-order valence-corrected chi connectivity index (χ1v) is 6.60. The summed E-state index contributed by atoms with van der Waals surface area (Å²) in [7, 11) is 0. The van der Waals surface area contributed by atoms with E-state index in [-0.39, 0.29) is 0 Å². The lowest BCUT2D eigenvalue weighted by Crippen LogP contribution is -2.36. The van der Waals surface area contributed by atoms with Gasteiger partial charge in [0.05, 0.1) is 0 Å². The van der Waals surface area contributed by atoms with Crippen molar-refractivity contribution in [1.29, 1.82) is 0 Å². The first-order chi connectivity index (χ1) is 6.92. The van der Waals surface area contributed by atoms with Gasteiger partial charge in [-0.05, 0) is 53.8 Å². The summed E-state index contributed by atoms with van der Waals surface area (Å²) in [5.41, 5.74) is 1.72. The van der Waals surface area contributed by atoms with Crippen molar-refractivity contribution >= 4 is 0 Å². The smallest absolute Gasteiger partial charge is 0.000243 e. The Morgan fingerprint density at radius 1 is 1.13 bits per heavy atom. The number of rotatable bonds is 0. The van der Waals surface area contributed by atoms with E-state index in [1.807, 2.05) is 0 Å². The molecule has 0 heteroatoms. The number of allylic oxidation sites excluding steroid dienone is 2. The average Bonchev–Trinajstić information content (AvgIpc) is 2.62. The minimum absolute atomic E-state index is 0.566. The maximum Gasteiger partial charge on any atom is -0.000243 e. The van der Waals surface area contributed by atoms with Gasteiger partial charge in [0.1, 0.15) is 0 Å². The Morgan fingerprint density at radius 2 is 1.87 bits per heavy atom. The molecule has 84 valence electrons. The van der Waals surface area contributed by atoms with E-state index in [9.17, 15) is 0 Å². The summed E-state index contributed by atoms with van der Waals surface area (Å²) in [6, 6.07) is 0. The Bertz CT molecular complexity index is 325. The van der Waals surface area contributed by atoms with Gasteiger partial charge in [-0.25, -0.2) is 0 Å². The summed E-state index contributed by atoms with van der Waals surface area (Å²) in [6.45, 7) is 10.1. The second kappa shape index (κ2) is 2.52. The standard InChI is InChI=1S/C15H24/c1-11-6-7-12-13(2,3)10-14(4)8-5-9-15(11,12)14/h5,9,11-12H,6-8,10H2,1-4H3/t11-,12?,14+,15+/m1/s1. The molecule has 15 heavy (non-hydrogen) atoms. The molecule has 1 spiro atoms. The molecular formula is C15H24. The third-order valence-corrected chi connectivity index (χ3v) is 6.08. The minimum atomic E-state index is 0.566. The average molecular weight is 204 g/mol. The predicted octanol–water partition coefficient (Wildman–Crippen LogP) is 4.42. The molecule has 0 saturated heterocycles. The SMILES string of the molecule is C[C@@H]1CCC2C(C)(C)C[C@]3(C)CC=C[C@@]213. The molecule has 4 atom stereocenters. The molecule has 0 aromatic heterocycles. The maximum atomic E-state index is 2.62. The zero-order valence-corrected chi connectivity index (χ0v) is 10.6. The zero-order chi connectivity index (χ0) is 10.9. The summed E-state index contributed by atoms with van der Waals surface area (Å²) >= 11 is 0. The maximum absolute atomic E-state index is 2.62. The Hall–Kier alpha value is -0.260. The number of hydrogen-bond donors (Lipinski definition) is 0. The largest absolute Gasteiger partial charge is 0.0874 e. The third kappa shape index (κ3) is 0.905. The van der Waals surface area contributed by atoms with Gasteiger partial charge in [-0.2, -0.15) is 0 Å². The van der Waals surface area contributed by atoms with E-state index in [1.54, 1.807) is 0 Å². The van der Waals surface area contributed by atoms with E-state index in [1.165, 1.54) is 25.7 Å². The summed E-state index contributed by atoms with van der Waals surface area (Å²) in [5.74, 6) is 1.86. The van der Waals surface area contributed by atoms with E-state index in [0.717, 1.165) is 11.8 Å². The van der Waals surface area contributed by atoms with Gasteiger partial charge in [0.15, 0.2) is 0 Å². The molecule has 0 aromatic rings. The minimum Gasteiger partial charge on any atom is -0.0874 e. The lowest BCUT2D eigenvalue weighted by molar-refractivity contribution is 0.0942. The van der Waals surface area contributed by atoms with Crippen molar-refractivity contribution in [2.24, 2.45) is 28.1 Å². The van der Waals surface area contributed by atoms with Crippen LogP contribution in [0.4, 0.5) is 0 Å². The molecule has 0 aromatic carbocycles. The van der Waals surface area contributed by atoms with Crippen molar-refractivity contribution in [1.82, 2.24) is 0 Å². The number of hydrogen-bond acceptors (Lipinski definition) is 0. The van der Waals surface area contributed by atoms with Gasteiger partial charge in [-0.1, -0.05) is 39.8 Å². The fourth-order valence-corrected chi connectivity index (χ4v) is 5.82. The van der Waals surface area contributed by atoms with Gasteiger partial charge in [-0.15, -0.1) is 0 Å². The molecule has 0 N–H and O–H groups in total. The van der Waals surface area contributed by atoms with Crippen LogP contribution in [-0.4, -0.2) is 0 Å². The Kier molecular flexibility index (Phi) is 1.67. The molecule has 1 unspecified atom stereocenters. The normalized spacial score (nSPS) is 55.7. The van der Waals surface area contributed by atoms with E-state index < -0.39 is 0 Å². The summed E-state index contributed by atoms with van der Waals surface area (Å²) in [5, 5.41) is 0. The summed E-state index contributed by atoms with van der Waals surface area (Å²) in [4.78, 5) is 0. The lowest BCUT2D eigenvalue weighted by atomic mass is 9.62. The van der Waals surface area contributed by atoms with Crippen LogP contribution in [0, 0.1) is 28.1 Å². The Balaban J connectivity index is 2.16. The van der Waals surface area contributed by atoms with E-state index >= 15 is 0 Å². The molecule has 3 aliphatic carbocycles. The van der Waals surface area contributed by atoms with E-state index in [0.29, 0.717) is 16.2 Å². The van der Waals surface area contributed by atoms with Crippen molar-refractivity contribution in [2.45, 2.75) is 53.4 Å². The fraction of sp³-hybridized carbons (Fsp3) is 0.867. The van der Waals surface area contributed by atoms with Gasteiger partial charge in [0.2, 0.25) is 0 Å². The molecule has 2 fully saturated rings. The fourth-order valence-electron chi connectivity index (χ4n) is 5.82. The molecule has 3 rings (SSSR count). The lowest BCUT2D eigenvalue weighted by Gasteiger charge is -2.41. The molecule has 0 nitrogen and oxygen atoms in total. The van der Waals surface area contributed by atoms with Crippen LogP contribution in [0.1, 0.15) is 53.4 Å². The van der Waals surface area contributed by atoms with Crippen LogP contribution in [0.3, 0.4) is 0 Å². The quantitative estimate of drug-likeness (QED) is 0.513. The van der Waals surface area contributed by atoms with Crippen LogP contribution in [-0.2, 0) is 0 Å². The zero-order valence-electron chi connectivity index (χ0n) is 10.6. The third-order valence-electron chi connectivity index (χ3n) is 6.08. The predicted molar refractivity (Wildman–Crippen MR) is 64.6 cm³/mol. The summed E-state index contributed by atoms with van der Waals surface area (Å²) in [6.07, 6.45) is 10.8. The molecular weight excluding hydrogens is 180 g/mol. The molecule has 0 amide bonds. The Morgan fingerprint density at radius 3 is 2.60 bits per heavy atom. The second-order valence-electron chi connectivity index (χ2n) is 7.30. The highest BCUT2D eigenvalue weighted by atomic mass is 14.7. The molecule has 3 aliphatic rings. The van der Waals surface area contributed by atoms with Crippen LogP contribution < -0.4 is 0 Å². The van der Waals surface area contributed by atoms with Crippen LogP contribution in [0.15, 0.2) is 12.2 Å². The van der Waals surface area contributed by atoms with Crippen LogP contribution >= 0.6 is 0 Å². The highest BCUT2D eigenvalue weighted by molar-refractivity contribution is 5.28. The first kappa shape index (κ1) is 9.93. The van der Waals surface area contributed by atoms with Crippen molar-refractivity contribution in [3.63, 3.8) is 0 Å². The van der Waals surface area contributed by atoms with Crippen molar-refractivity contribution in [3.8, 4) is 0 Å². The molecule has 0 heterocycles. The monoisotopic (exact) mass is 204 g/mol. The van der Waals surface area contributed by atoms with Gasteiger partial charge in [0.25, 0.3) is 0 Å². The van der Waals surface area contributed by atoms with Gasteiger partial charge in [-0.3, -0.25) is 0 Å². The molecule has 2 saturated carbocycles. The first-order valence-electron chi connectivity index (χ1n) is 6.60. The van der Waals surface area contributed by atoms with Crippen molar-refractivity contribution in [2.75, 3.05) is 0 Å². The topological polar surface area (TPSA) is 0 Å². The van der Waals surface area contributed by atoms with E-state index in [2.05, 4.69) is 39.8 Å². The highest BCUT2D eigenvalue weighted by Gasteiger charge is 2.67. The van der Waals surface area contributed by atoms with E-state index in [4.69, 9.17) is 0 Å². The van der Waals surface area contributed by atoms with Gasteiger partial charge < -0.3 is 0 Å². The van der Waals surface area contributed by atoms with Crippen molar-refractivity contribution in [3.05, 3.63) is 12.2 Å². The highest BCUT2D eigenvalue weighted by Crippen LogP contribution is 2.75. The van der Waals surface area contributed by atoms with Gasteiger partial charge in [0, 0.05) is 0 Å². The Labute approximate surface area is 94.1 Å². The van der Waals surface area contributed by atoms with Crippen molar-refractivity contribution < 1.29 is 0 Å².